The summed E-state index contributed by atoms with van der Waals surface area (Å²) in [7, 11) is 0. The van der Waals surface area contributed by atoms with Crippen molar-refractivity contribution in [3.63, 3.8) is 0 Å². The zero-order valence-electron chi connectivity index (χ0n) is 16.1. The Labute approximate surface area is 168 Å². The van der Waals surface area contributed by atoms with Gasteiger partial charge < -0.3 is 5.32 Å². The van der Waals surface area contributed by atoms with Crippen LogP contribution in [0, 0.1) is 0 Å². The van der Waals surface area contributed by atoms with Gasteiger partial charge in [0.1, 0.15) is 0 Å². The summed E-state index contributed by atoms with van der Waals surface area (Å²) in [5.41, 5.74) is 0.517. The van der Waals surface area contributed by atoms with E-state index in [0.29, 0.717) is 22.6 Å². The number of hydrogen-bond acceptors (Lipinski definition) is 5. The van der Waals surface area contributed by atoms with Crippen LogP contribution in [0.1, 0.15) is 45.4 Å². The van der Waals surface area contributed by atoms with Crippen molar-refractivity contribution in [1.82, 2.24) is 20.2 Å². The Bertz CT molecular complexity index is 906. The molecule has 2 aromatic rings. The molecule has 0 radical (unpaired) electrons. The zero-order valence-corrected chi connectivity index (χ0v) is 16.9. The van der Waals surface area contributed by atoms with E-state index in [4.69, 9.17) is 0 Å². The second-order valence-corrected chi connectivity index (χ2v) is 7.96. The number of imide groups is 1. The van der Waals surface area contributed by atoms with Gasteiger partial charge in [0.05, 0.1) is 16.7 Å². The van der Waals surface area contributed by atoms with Gasteiger partial charge in [-0.3, -0.25) is 19.5 Å². The van der Waals surface area contributed by atoms with Gasteiger partial charge in [0.2, 0.25) is 5.91 Å². The molecule has 1 aliphatic rings. The lowest BCUT2D eigenvalue weighted by atomic mass is 10.2. The van der Waals surface area contributed by atoms with Gasteiger partial charge in [0, 0.05) is 12.6 Å². The molecule has 8 heteroatoms. The summed E-state index contributed by atoms with van der Waals surface area (Å²) >= 11 is 1.18. The van der Waals surface area contributed by atoms with Gasteiger partial charge in [-0.25, -0.2) is 9.78 Å². The van der Waals surface area contributed by atoms with Gasteiger partial charge in [0.25, 0.3) is 5.56 Å². The highest BCUT2D eigenvalue weighted by Gasteiger charge is 2.19. The highest BCUT2D eigenvalue weighted by atomic mass is 32.2. The topological polar surface area (TPSA) is 93.1 Å². The summed E-state index contributed by atoms with van der Waals surface area (Å²) in [6.45, 7) is 2.61. The molecular formula is C20H26N4O3S. The molecule has 1 aromatic heterocycles. The van der Waals surface area contributed by atoms with Crippen LogP contribution in [0.2, 0.25) is 0 Å². The number of amides is 3. The number of urea groups is 1. The molecule has 1 aromatic carbocycles. The fourth-order valence-corrected chi connectivity index (χ4v) is 4.18. The lowest BCUT2D eigenvalue weighted by molar-refractivity contribution is -0.117. The maximum Gasteiger partial charge on any atom is 0.321 e. The van der Waals surface area contributed by atoms with Gasteiger partial charge in [0.15, 0.2) is 5.16 Å². The maximum atomic E-state index is 12.8. The first kappa shape index (κ1) is 20.4. The number of para-hydroxylation sites is 1. The second-order valence-electron chi connectivity index (χ2n) is 7.01. The predicted octanol–water partition coefficient (Wildman–Crippen LogP) is 3.06. The Hall–Kier alpha value is -2.35. The van der Waals surface area contributed by atoms with Gasteiger partial charge in [-0.15, -0.1) is 0 Å². The lowest BCUT2D eigenvalue weighted by Gasteiger charge is -2.14. The van der Waals surface area contributed by atoms with Crippen molar-refractivity contribution in [3.05, 3.63) is 34.6 Å². The first-order valence-electron chi connectivity index (χ1n) is 9.81. The van der Waals surface area contributed by atoms with Gasteiger partial charge in [-0.05, 0) is 31.4 Å². The summed E-state index contributed by atoms with van der Waals surface area (Å²) in [5, 5.41) is 6.27. The summed E-state index contributed by atoms with van der Waals surface area (Å²) in [5.74, 6) is -0.375. The molecule has 28 heavy (non-hydrogen) atoms. The molecule has 1 fully saturated rings. The smallest absolute Gasteiger partial charge is 0.321 e. The number of nitrogens with zero attached hydrogens (tertiary/aromatic N) is 2. The molecule has 1 aliphatic carbocycles. The average molecular weight is 403 g/mol. The standard InChI is InChI=1S/C20H26N4O3S/c1-2-3-12-24-18(26)15-10-6-7-11-16(15)22-20(24)28-13-17(25)23-19(27)21-14-8-4-5-9-14/h6-7,10-11,14H,2-5,8-9,12-13H2,1H3,(H2,21,23,25,27). The van der Waals surface area contributed by atoms with Gasteiger partial charge in [-0.2, -0.15) is 0 Å². The Morgan fingerprint density at radius 2 is 2.00 bits per heavy atom. The first-order valence-corrected chi connectivity index (χ1v) is 10.8. The number of benzene rings is 1. The fraction of sp³-hybridized carbons (Fsp3) is 0.500. The van der Waals surface area contributed by atoms with Crippen LogP contribution in [-0.2, 0) is 11.3 Å². The van der Waals surface area contributed by atoms with Crippen LogP contribution in [0.3, 0.4) is 0 Å². The fourth-order valence-electron chi connectivity index (χ4n) is 3.36. The third kappa shape index (κ3) is 5.13. The van der Waals surface area contributed by atoms with E-state index in [1.807, 2.05) is 12.1 Å². The number of rotatable bonds is 7. The van der Waals surface area contributed by atoms with E-state index in [2.05, 4.69) is 22.5 Å². The minimum atomic E-state index is -0.452. The monoisotopic (exact) mass is 402 g/mol. The molecule has 1 saturated carbocycles. The third-order valence-electron chi connectivity index (χ3n) is 4.84. The van der Waals surface area contributed by atoms with Crippen LogP contribution in [0.4, 0.5) is 4.79 Å². The Morgan fingerprint density at radius 1 is 1.25 bits per heavy atom. The molecule has 0 spiro atoms. The zero-order chi connectivity index (χ0) is 19.9. The molecular weight excluding hydrogens is 376 g/mol. The molecule has 0 bridgehead atoms. The van der Waals surface area contributed by atoms with Gasteiger partial charge in [-0.1, -0.05) is 50.1 Å². The van der Waals surface area contributed by atoms with E-state index < -0.39 is 11.9 Å². The summed E-state index contributed by atoms with van der Waals surface area (Å²) in [4.78, 5) is 41.5. The Balaban J connectivity index is 1.67. The molecule has 1 heterocycles. The number of unbranched alkanes of at least 4 members (excludes halogenated alkanes) is 1. The normalized spacial score (nSPS) is 14.3. The van der Waals surface area contributed by atoms with E-state index in [0.717, 1.165) is 38.5 Å². The van der Waals surface area contributed by atoms with E-state index in [1.165, 1.54) is 11.8 Å². The van der Waals surface area contributed by atoms with E-state index in [9.17, 15) is 14.4 Å². The van der Waals surface area contributed by atoms with Crippen molar-refractivity contribution in [2.24, 2.45) is 0 Å². The van der Waals surface area contributed by atoms with Crippen LogP contribution in [-0.4, -0.2) is 33.3 Å². The first-order chi connectivity index (χ1) is 13.6. The van der Waals surface area contributed by atoms with E-state index in [1.54, 1.807) is 16.7 Å². The molecule has 0 atom stereocenters. The number of hydrogen-bond donors (Lipinski definition) is 2. The van der Waals surface area contributed by atoms with Crippen LogP contribution >= 0.6 is 11.8 Å². The molecule has 3 amide bonds. The van der Waals surface area contributed by atoms with Crippen molar-refractivity contribution in [3.8, 4) is 0 Å². The number of thioether (sulfide) groups is 1. The van der Waals surface area contributed by atoms with E-state index in [-0.39, 0.29) is 17.4 Å². The number of carbonyl (C=O) groups is 2. The lowest BCUT2D eigenvalue weighted by Crippen LogP contribution is -2.44. The maximum absolute atomic E-state index is 12.8. The molecule has 2 N–H and O–H groups in total. The SMILES string of the molecule is CCCCn1c(SCC(=O)NC(=O)NC2CCCC2)nc2ccccc2c1=O. The van der Waals surface area contributed by atoms with Crippen molar-refractivity contribution < 1.29 is 9.59 Å². The van der Waals surface area contributed by atoms with Crippen molar-refractivity contribution in [2.45, 2.75) is 63.2 Å². The van der Waals surface area contributed by atoms with Crippen LogP contribution in [0.25, 0.3) is 10.9 Å². The minimum absolute atomic E-state index is 0.0228. The quantitative estimate of drug-likeness (QED) is 0.548. The molecule has 0 unspecified atom stereocenters. The predicted molar refractivity (Wildman–Crippen MR) is 111 cm³/mol. The minimum Gasteiger partial charge on any atom is -0.335 e. The van der Waals surface area contributed by atoms with Crippen molar-refractivity contribution in [1.29, 1.82) is 0 Å². The number of carbonyl (C=O) groups excluding carboxylic acids is 2. The molecule has 150 valence electrons. The van der Waals surface area contributed by atoms with Crippen LogP contribution in [0.5, 0.6) is 0 Å². The van der Waals surface area contributed by atoms with Crippen molar-refractivity contribution in [2.75, 3.05) is 5.75 Å². The van der Waals surface area contributed by atoms with Crippen LogP contribution in [0.15, 0.2) is 34.2 Å². The van der Waals surface area contributed by atoms with Crippen LogP contribution < -0.4 is 16.2 Å². The number of aromatic nitrogens is 2. The Kier molecular flexibility index (Phi) is 7.08. The highest BCUT2D eigenvalue weighted by Crippen LogP contribution is 2.19. The Morgan fingerprint density at radius 3 is 2.75 bits per heavy atom. The molecule has 3 rings (SSSR count). The number of fused-ring (bicyclic) bond motifs is 1. The molecule has 0 aliphatic heterocycles. The van der Waals surface area contributed by atoms with E-state index >= 15 is 0 Å². The highest BCUT2D eigenvalue weighted by molar-refractivity contribution is 7.99. The average Bonchev–Trinajstić information content (AvgIpc) is 3.18. The van der Waals surface area contributed by atoms with Gasteiger partial charge >= 0.3 is 6.03 Å². The summed E-state index contributed by atoms with van der Waals surface area (Å²) in [6, 6.07) is 6.91. The van der Waals surface area contributed by atoms with Crippen molar-refractivity contribution >= 4 is 34.6 Å². The summed E-state index contributed by atoms with van der Waals surface area (Å²) in [6.07, 6.45) is 5.94. The summed E-state index contributed by atoms with van der Waals surface area (Å²) < 4.78 is 1.63. The third-order valence-corrected chi connectivity index (χ3v) is 5.81. The largest absolute Gasteiger partial charge is 0.335 e. The molecule has 7 nitrogen and oxygen atoms in total. The number of nitrogens with one attached hydrogen (secondary N) is 2. The second kappa shape index (κ2) is 9.73. The molecule has 0 saturated heterocycles.